The van der Waals surface area contributed by atoms with Gasteiger partial charge in [-0.1, -0.05) is 17.7 Å². The van der Waals surface area contributed by atoms with Crippen molar-refractivity contribution in [2.24, 2.45) is 0 Å². The summed E-state index contributed by atoms with van der Waals surface area (Å²) in [5, 5.41) is 7.01. The molecule has 0 saturated carbocycles. The molecule has 112 valence electrons. The van der Waals surface area contributed by atoms with Gasteiger partial charge in [-0.2, -0.15) is 5.10 Å². The first kappa shape index (κ1) is 15.1. The molecule has 21 heavy (non-hydrogen) atoms. The molecule has 0 fully saturated rings. The molecule has 0 aliphatic rings. The molecule has 5 nitrogen and oxygen atoms in total. The molecule has 1 aromatic heterocycles. The Bertz CT molecular complexity index is 632. The van der Waals surface area contributed by atoms with Crippen molar-refractivity contribution < 1.29 is 9.53 Å². The van der Waals surface area contributed by atoms with Gasteiger partial charge < -0.3 is 10.1 Å². The molecular formula is C16H21N3O2. The topological polar surface area (TPSA) is 56.1 Å². The molecular weight excluding hydrogens is 266 g/mol. The van der Waals surface area contributed by atoms with Crippen LogP contribution < -0.4 is 10.1 Å². The lowest BCUT2D eigenvalue weighted by molar-refractivity contribution is 0.0936. The molecule has 1 heterocycles. The SMILES string of the molecule is Cc1ccc(OCn2ccc(C(=O)NC(C)C)n2)c(C)c1. The second-order valence-corrected chi connectivity index (χ2v) is 5.41. The van der Waals surface area contributed by atoms with Crippen molar-refractivity contribution in [2.75, 3.05) is 0 Å². The van der Waals surface area contributed by atoms with Crippen molar-refractivity contribution in [3.05, 3.63) is 47.3 Å². The van der Waals surface area contributed by atoms with E-state index in [9.17, 15) is 4.79 Å². The molecule has 0 spiro atoms. The minimum absolute atomic E-state index is 0.0918. The Morgan fingerprint density at radius 1 is 1.33 bits per heavy atom. The lowest BCUT2D eigenvalue weighted by Gasteiger charge is -2.09. The Morgan fingerprint density at radius 3 is 2.76 bits per heavy atom. The third-order valence-corrected chi connectivity index (χ3v) is 2.98. The molecule has 0 saturated heterocycles. The van der Waals surface area contributed by atoms with Gasteiger partial charge in [0.2, 0.25) is 0 Å². The number of amides is 1. The fourth-order valence-electron chi connectivity index (χ4n) is 1.99. The maximum Gasteiger partial charge on any atom is 0.271 e. The lowest BCUT2D eigenvalue weighted by atomic mass is 10.1. The average molecular weight is 287 g/mol. The Balaban J connectivity index is 1.98. The van der Waals surface area contributed by atoms with Gasteiger partial charge in [0.1, 0.15) is 11.4 Å². The monoisotopic (exact) mass is 287 g/mol. The van der Waals surface area contributed by atoms with Gasteiger partial charge in [0, 0.05) is 12.2 Å². The van der Waals surface area contributed by atoms with Crippen LogP contribution in [-0.4, -0.2) is 21.7 Å². The number of aromatic nitrogens is 2. The first-order chi connectivity index (χ1) is 9.95. The Labute approximate surface area is 124 Å². The van der Waals surface area contributed by atoms with Crippen molar-refractivity contribution in [1.82, 2.24) is 15.1 Å². The predicted octanol–water partition coefficient (Wildman–Crippen LogP) is 2.67. The number of rotatable bonds is 5. The highest BCUT2D eigenvalue weighted by atomic mass is 16.5. The number of benzene rings is 1. The highest BCUT2D eigenvalue weighted by Gasteiger charge is 2.10. The lowest BCUT2D eigenvalue weighted by Crippen LogP contribution is -2.30. The molecule has 0 radical (unpaired) electrons. The van der Waals surface area contributed by atoms with Crippen LogP contribution in [-0.2, 0) is 6.73 Å². The van der Waals surface area contributed by atoms with Crippen LogP contribution in [0, 0.1) is 13.8 Å². The first-order valence-corrected chi connectivity index (χ1v) is 7.00. The minimum atomic E-state index is -0.171. The van der Waals surface area contributed by atoms with Crippen LogP contribution in [0.4, 0.5) is 0 Å². The summed E-state index contributed by atoms with van der Waals surface area (Å²) in [6, 6.07) is 7.80. The number of nitrogens with one attached hydrogen (secondary N) is 1. The van der Waals surface area contributed by atoms with E-state index in [-0.39, 0.29) is 18.7 Å². The van der Waals surface area contributed by atoms with Crippen molar-refractivity contribution in [1.29, 1.82) is 0 Å². The Morgan fingerprint density at radius 2 is 2.10 bits per heavy atom. The van der Waals surface area contributed by atoms with Crippen LogP contribution in [0.1, 0.15) is 35.5 Å². The van der Waals surface area contributed by atoms with E-state index in [0.717, 1.165) is 11.3 Å². The summed E-state index contributed by atoms with van der Waals surface area (Å²) in [5.74, 6) is 0.652. The summed E-state index contributed by atoms with van der Waals surface area (Å²) in [4.78, 5) is 11.8. The van der Waals surface area contributed by atoms with Gasteiger partial charge in [0.15, 0.2) is 6.73 Å². The van der Waals surface area contributed by atoms with Crippen LogP contribution in [0.25, 0.3) is 0 Å². The van der Waals surface area contributed by atoms with E-state index in [1.807, 2.05) is 39.8 Å². The molecule has 0 bridgehead atoms. The molecule has 0 aliphatic carbocycles. The van der Waals surface area contributed by atoms with Crippen LogP contribution in [0.3, 0.4) is 0 Å². The van der Waals surface area contributed by atoms with E-state index in [0.29, 0.717) is 5.69 Å². The van der Waals surface area contributed by atoms with Crippen molar-refractivity contribution in [3.63, 3.8) is 0 Å². The zero-order valence-corrected chi connectivity index (χ0v) is 12.9. The number of aryl methyl sites for hydroxylation is 2. The van der Waals surface area contributed by atoms with Gasteiger partial charge in [-0.3, -0.25) is 4.79 Å². The van der Waals surface area contributed by atoms with Crippen LogP contribution in [0.5, 0.6) is 5.75 Å². The average Bonchev–Trinajstić information content (AvgIpc) is 2.86. The number of hydrogen-bond acceptors (Lipinski definition) is 3. The fourth-order valence-corrected chi connectivity index (χ4v) is 1.99. The van der Waals surface area contributed by atoms with Gasteiger partial charge in [-0.15, -0.1) is 0 Å². The quantitative estimate of drug-likeness (QED) is 0.920. The summed E-state index contributed by atoms with van der Waals surface area (Å²) in [5.41, 5.74) is 2.68. The van der Waals surface area contributed by atoms with E-state index in [1.165, 1.54) is 5.56 Å². The van der Waals surface area contributed by atoms with Gasteiger partial charge in [-0.05, 0) is 45.4 Å². The number of hydrogen-bond donors (Lipinski definition) is 1. The number of carbonyl (C=O) groups is 1. The largest absolute Gasteiger partial charge is 0.471 e. The van der Waals surface area contributed by atoms with E-state index >= 15 is 0 Å². The second-order valence-electron chi connectivity index (χ2n) is 5.41. The first-order valence-electron chi connectivity index (χ1n) is 7.00. The third-order valence-electron chi connectivity index (χ3n) is 2.98. The molecule has 0 atom stereocenters. The molecule has 1 N–H and O–H groups in total. The van der Waals surface area contributed by atoms with Crippen LogP contribution in [0.2, 0.25) is 0 Å². The summed E-state index contributed by atoms with van der Waals surface area (Å²) in [7, 11) is 0. The maximum absolute atomic E-state index is 11.8. The summed E-state index contributed by atoms with van der Waals surface area (Å²) in [6.07, 6.45) is 1.73. The molecule has 0 aliphatic heterocycles. The Hall–Kier alpha value is -2.30. The van der Waals surface area contributed by atoms with Crippen LogP contribution >= 0.6 is 0 Å². The minimum Gasteiger partial charge on any atom is -0.471 e. The molecule has 5 heteroatoms. The van der Waals surface area contributed by atoms with Gasteiger partial charge >= 0.3 is 0 Å². The van der Waals surface area contributed by atoms with Crippen molar-refractivity contribution >= 4 is 5.91 Å². The van der Waals surface area contributed by atoms with Crippen molar-refractivity contribution in [3.8, 4) is 5.75 Å². The highest BCUT2D eigenvalue weighted by Crippen LogP contribution is 2.18. The summed E-state index contributed by atoms with van der Waals surface area (Å²) < 4.78 is 7.33. The van der Waals surface area contributed by atoms with Crippen LogP contribution in [0.15, 0.2) is 30.5 Å². The van der Waals surface area contributed by atoms with Gasteiger partial charge in [0.25, 0.3) is 5.91 Å². The molecule has 0 unspecified atom stereocenters. The number of carbonyl (C=O) groups excluding carboxylic acids is 1. The van der Waals surface area contributed by atoms with Gasteiger partial charge in [-0.25, -0.2) is 4.68 Å². The van der Waals surface area contributed by atoms with Crippen molar-refractivity contribution in [2.45, 2.75) is 40.5 Å². The third kappa shape index (κ3) is 4.08. The van der Waals surface area contributed by atoms with Gasteiger partial charge in [0.05, 0.1) is 0 Å². The van der Waals surface area contributed by atoms with E-state index in [1.54, 1.807) is 16.9 Å². The van der Waals surface area contributed by atoms with E-state index in [4.69, 9.17) is 4.74 Å². The molecule has 1 aromatic carbocycles. The van der Waals surface area contributed by atoms with E-state index in [2.05, 4.69) is 16.5 Å². The number of nitrogens with zero attached hydrogens (tertiary/aromatic N) is 2. The zero-order chi connectivity index (χ0) is 15.4. The second kappa shape index (κ2) is 6.43. The zero-order valence-electron chi connectivity index (χ0n) is 12.9. The normalized spacial score (nSPS) is 10.7. The predicted molar refractivity (Wildman–Crippen MR) is 81.4 cm³/mol. The fraction of sp³-hybridized carbons (Fsp3) is 0.375. The summed E-state index contributed by atoms with van der Waals surface area (Å²) in [6.45, 7) is 8.16. The van der Waals surface area contributed by atoms with E-state index < -0.39 is 0 Å². The summed E-state index contributed by atoms with van der Waals surface area (Å²) >= 11 is 0. The Kier molecular flexibility index (Phi) is 4.62. The smallest absolute Gasteiger partial charge is 0.271 e. The molecule has 1 amide bonds. The standard InChI is InChI=1S/C16H21N3O2/c1-11(2)17-16(20)14-7-8-19(18-14)10-21-15-6-5-12(3)9-13(15)4/h5-9,11H,10H2,1-4H3,(H,17,20). The maximum atomic E-state index is 11.8. The highest BCUT2D eigenvalue weighted by molar-refractivity contribution is 5.92. The molecule has 2 rings (SSSR count). The number of ether oxygens (including phenoxy) is 1. The molecule has 2 aromatic rings.